The number of halogens is 1. The van der Waals surface area contributed by atoms with Gasteiger partial charge >= 0.3 is 0 Å². The normalized spacial score (nSPS) is 10.8. The van der Waals surface area contributed by atoms with Gasteiger partial charge in [0.2, 0.25) is 0 Å². The number of benzene rings is 4. The summed E-state index contributed by atoms with van der Waals surface area (Å²) < 4.78 is 18.4. The van der Waals surface area contributed by atoms with Gasteiger partial charge in [0.15, 0.2) is 11.5 Å². The summed E-state index contributed by atoms with van der Waals surface area (Å²) in [7, 11) is 1.61. The van der Waals surface area contributed by atoms with Crippen LogP contribution in [0.3, 0.4) is 0 Å². The number of carbonyl (C=O) groups excluding carboxylic acids is 1. The average Bonchev–Trinajstić information content (AvgIpc) is 2.92. The second-order valence-electron chi connectivity index (χ2n) is 8.30. The third-order valence-corrected chi connectivity index (χ3v) is 6.01. The summed E-state index contributed by atoms with van der Waals surface area (Å²) in [5, 5.41) is 4.12. The van der Waals surface area contributed by atoms with Crippen LogP contribution in [0, 0.1) is 6.92 Å². The number of aryl methyl sites for hydroxylation is 1. The zero-order valence-corrected chi connectivity index (χ0v) is 22.2. The molecule has 188 valence electrons. The lowest BCUT2D eigenvalue weighted by Crippen LogP contribution is -2.17. The van der Waals surface area contributed by atoms with Gasteiger partial charge in [0, 0.05) is 15.6 Å². The number of amides is 1. The topological polar surface area (TPSA) is 69.2 Å². The zero-order valence-electron chi connectivity index (χ0n) is 20.6. The fraction of sp³-hybridized carbons (Fsp3) is 0.133. The van der Waals surface area contributed by atoms with E-state index in [-0.39, 0.29) is 5.91 Å². The van der Waals surface area contributed by atoms with Crippen molar-refractivity contribution < 1.29 is 19.0 Å². The zero-order chi connectivity index (χ0) is 26.0. The van der Waals surface area contributed by atoms with Crippen molar-refractivity contribution in [3.8, 4) is 17.2 Å². The molecule has 0 aliphatic heterocycles. The predicted molar refractivity (Wildman–Crippen MR) is 148 cm³/mol. The third kappa shape index (κ3) is 7.44. The van der Waals surface area contributed by atoms with E-state index in [4.69, 9.17) is 14.2 Å². The predicted octanol–water partition coefficient (Wildman–Crippen LogP) is 6.69. The van der Waals surface area contributed by atoms with Gasteiger partial charge in [-0.2, -0.15) is 5.10 Å². The molecular formula is C30H27BrN2O4. The molecule has 37 heavy (non-hydrogen) atoms. The lowest BCUT2D eigenvalue weighted by atomic mass is 10.1. The molecule has 4 aromatic carbocycles. The molecule has 4 rings (SSSR count). The van der Waals surface area contributed by atoms with E-state index in [1.807, 2.05) is 85.8 Å². The third-order valence-electron chi connectivity index (χ3n) is 5.51. The average molecular weight is 559 g/mol. The Bertz CT molecular complexity index is 1370. The summed E-state index contributed by atoms with van der Waals surface area (Å²) in [6.07, 6.45) is 1.56. The monoisotopic (exact) mass is 558 g/mol. The van der Waals surface area contributed by atoms with Crippen molar-refractivity contribution in [1.82, 2.24) is 5.43 Å². The van der Waals surface area contributed by atoms with Gasteiger partial charge in [-0.05, 0) is 60.5 Å². The van der Waals surface area contributed by atoms with Gasteiger partial charge < -0.3 is 14.2 Å². The molecule has 7 heteroatoms. The molecule has 1 N–H and O–H groups in total. The first-order valence-corrected chi connectivity index (χ1v) is 12.5. The molecule has 0 aromatic heterocycles. The number of hydrogen-bond acceptors (Lipinski definition) is 5. The molecule has 0 aliphatic rings. The molecule has 0 spiro atoms. The van der Waals surface area contributed by atoms with Crippen LogP contribution in [-0.2, 0) is 13.2 Å². The van der Waals surface area contributed by atoms with E-state index < -0.39 is 0 Å². The summed E-state index contributed by atoms with van der Waals surface area (Å²) in [4.78, 5) is 12.3. The van der Waals surface area contributed by atoms with Gasteiger partial charge in [-0.1, -0.05) is 70.0 Å². The largest absolute Gasteiger partial charge is 0.493 e. The molecule has 0 fully saturated rings. The van der Waals surface area contributed by atoms with Crippen molar-refractivity contribution in [3.63, 3.8) is 0 Å². The first-order valence-electron chi connectivity index (χ1n) is 11.7. The van der Waals surface area contributed by atoms with Crippen LogP contribution in [0.1, 0.15) is 32.6 Å². The number of ether oxygens (including phenoxy) is 3. The van der Waals surface area contributed by atoms with Gasteiger partial charge in [-0.3, -0.25) is 4.79 Å². The van der Waals surface area contributed by atoms with Crippen molar-refractivity contribution in [2.45, 2.75) is 20.1 Å². The van der Waals surface area contributed by atoms with Crippen LogP contribution in [0.5, 0.6) is 17.2 Å². The van der Waals surface area contributed by atoms with E-state index in [1.54, 1.807) is 25.5 Å². The molecule has 0 atom stereocenters. The highest BCUT2D eigenvalue weighted by atomic mass is 79.9. The van der Waals surface area contributed by atoms with Crippen molar-refractivity contribution in [3.05, 3.63) is 123 Å². The summed E-state index contributed by atoms with van der Waals surface area (Å²) in [6, 6.07) is 28.6. The van der Waals surface area contributed by atoms with Gasteiger partial charge in [0.25, 0.3) is 5.91 Å². The van der Waals surface area contributed by atoms with Crippen LogP contribution in [0.15, 0.2) is 101 Å². The number of hydrazone groups is 1. The van der Waals surface area contributed by atoms with E-state index in [2.05, 4.69) is 26.5 Å². The van der Waals surface area contributed by atoms with Crippen molar-refractivity contribution in [1.29, 1.82) is 0 Å². The van der Waals surface area contributed by atoms with E-state index >= 15 is 0 Å². The lowest BCUT2D eigenvalue weighted by molar-refractivity contribution is 0.0955. The van der Waals surface area contributed by atoms with Crippen LogP contribution in [-0.4, -0.2) is 19.2 Å². The number of rotatable bonds is 10. The molecule has 0 saturated heterocycles. The molecular weight excluding hydrogens is 532 g/mol. The smallest absolute Gasteiger partial charge is 0.271 e. The highest BCUT2D eigenvalue weighted by Gasteiger charge is 2.09. The van der Waals surface area contributed by atoms with Gasteiger partial charge in [-0.15, -0.1) is 0 Å². The van der Waals surface area contributed by atoms with E-state index in [1.165, 1.54) is 0 Å². The minimum atomic E-state index is -0.282. The van der Waals surface area contributed by atoms with Crippen molar-refractivity contribution in [2.24, 2.45) is 5.10 Å². The molecule has 0 radical (unpaired) electrons. The first kappa shape index (κ1) is 26.0. The number of methoxy groups -OCH3 is 1. The van der Waals surface area contributed by atoms with Crippen LogP contribution < -0.4 is 19.6 Å². The number of hydrogen-bond donors (Lipinski definition) is 1. The molecule has 0 saturated carbocycles. The van der Waals surface area contributed by atoms with E-state index in [9.17, 15) is 4.79 Å². The van der Waals surface area contributed by atoms with E-state index in [0.29, 0.717) is 41.6 Å². The summed E-state index contributed by atoms with van der Waals surface area (Å²) in [6.45, 7) is 2.74. The van der Waals surface area contributed by atoms with Crippen LogP contribution in [0.2, 0.25) is 0 Å². The fourth-order valence-electron chi connectivity index (χ4n) is 3.50. The van der Waals surface area contributed by atoms with Crippen LogP contribution in [0.4, 0.5) is 0 Å². The van der Waals surface area contributed by atoms with Crippen molar-refractivity contribution in [2.75, 3.05) is 7.11 Å². The molecule has 0 bridgehead atoms. The number of nitrogens with one attached hydrogen (secondary N) is 1. The summed E-state index contributed by atoms with van der Waals surface area (Å²) >= 11 is 3.48. The molecule has 6 nitrogen and oxygen atoms in total. The van der Waals surface area contributed by atoms with E-state index in [0.717, 1.165) is 21.2 Å². The van der Waals surface area contributed by atoms with Gasteiger partial charge in [0.05, 0.1) is 13.3 Å². The maximum atomic E-state index is 12.3. The standard InChI is InChI=1S/C30H27BrN2O4/c1-21-8-11-24(12-9-21)30(34)33-32-18-25-17-26(31)13-15-27(25)36-20-23-10-14-28(29(16-23)35-2)37-19-22-6-4-3-5-7-22/h3-18H,19-20H2,1-2H3,(H,33,34)/b32-18+. The maximum Gasteiger partial charge on any atom is 0.271 e. The first-order chi connectivity index (χ1) is 18.0. The lowest BCUT2D eigenvalue weighted by Gasteiger charge is -2.14. The summed E-state index contributed by atoms with van der Waals surface area (Å²) in [5.41, 5.74) is 6.90. The Labute approximate surface area is 225 Å². The molecule has 4 aromatic rings. The fourth-order valence-corrected chi connectivity index (χ4v) is 3.88. The highest BCUT2D eigenvalue weighted by molar-refractivity contribution is 9.10. The molecule has 1 amide bonds. The second-order valence-corrected chi connectivity index (χ2v) is 9.21. The molecule has 0 aliphatic carbocycles. The van der Waals surface area contributed by atoms with Crippen molar-refractivity contribution >= 4 is 28.1 Å². The maximum absolute atomic E-state index is 12.3. The number of carbonyl (C=O) groups is 1. The second kappa shape index (κ2) is 12.7. The Balaban J connectivity index is 1.40. The minimum Gasteiger partial charge on any atom is -0.493 e. The Morgan fingerprint density at radius 3 is 2.30 bits per heavy atom. The van der Waals surface area contributed by atoms with Gasteiger partial charge in [-0.25, -0.2) is 5.43 Å². The quantitative estimate of drug-likeness (QED) is 0.174. The Hall–Kier alpha value is -4.10. The molecule has 0 heterocycles. The Kier molecular flexibility index (Phi) is 8.94. The Morgan fingerprint density at radius 2 is 1.54 bits per heavy atom. The molecule has 0 unspecified atom stereocenters. The minimum absolute atomic E-state index is 0.282. The SMILES string of the molecule is COc1cc(COc2ccc(Br)cc2/C=N/NC(=O)c2ccc(C)cc2)ccc1OCc1ccccc1. The summed E-state index contributed by atoms with van der Waals surface area (Å²) in [5.74, 6) is 1.64. The van der Waals surface area contributed by atoms with Crippen LogP contribution in [0.25, 0.3) is 0 Å². The Morgan fingerprint density at radius 1 is 0.838 bits per heavy atom. The number of nitrogens with zero attached hydrogens (tertiary/aromatic N) is 1. The highest BCUT2D eigenvalue weighted by Crippen LogP contribution is 2.30. The van der Waals surface area contributed by atoms with Crippen LogP contribution >= 0.6 is 15.9 Å². The van der Waals surface area contributed by atoms with Gasteiger partial charge in [0.1, 0.15) is 19.0 Å².